The zero-order chi connectivity index (χ0) is 15.5. The van der Waals surface area contributed by atoms with Crippen molar-refractivity contribution < 1.29 is 9.66 Å². The van der Waals surface area contributed by atoms with Gasteiger partial charge in [0.25, 0.3) is 5.69 Å². The molecule has 0 bridgehead atoms. The Hall–Kier alpha value is -3.15. The standard InChI is InChI=1S/C16H13N3O3/c1-22-16-9-5-2-6-12(16)13-10-11-17-18(13)14-7-3-4-8-15(14)19(20)21/h2-11H,1H3. The van der Waals surface area contributed by atoms with Crippen molar-refractivity contribution in [2.75, 3.05) is 7.11 Å². The Morgan fingerprint density at radius 1 is 1.09 bits per heavy atom. The fourth-order valence-corrected chi connectivity index (χ4v) is 2.35. The lowest BCUT2D eigenvalue weighted by atomic mass is 10.1. The van der Waals surface area contributed by atoms with Crippen molar-refractivity contribution in [2.45, 2.75) is 0 Å². The van der Waals surface area contributed by atoms with Crippen LogP contribution in [0.25, 0.3) is 16.9 Å². The summed E-state index contributed by atoms with van der Waals surface area (Å²) in [6.07, 6.45) is 1.61. The molecule has 6 nitrogen and oxygen atoms in total. The first-order valence-electron chi connectivity index (χ1n) is 6.63. The number of hydrogen-bond donors (Lipinski definition) is 0. The maximum Gasteiger partial charge on any atom is 0.294 e. The second-order valence-electron chi connectivity index (χ2n) is 4.57. The topological polar surface area (TPSA) is 70.2 Å². The third kappa shape index (κ3) is 2.31. The Balaban J connectivity index is 2.21. The molecule has 0 atom stereocenters. The van der Waals surface area contributed by atoms with Gasteiger partial charge < -0.3 is 4.74 Å². The fraction of sp³-hybridized carbons (Fsp3) is 0.0625. The minimum Gasteiger partial charge on any atom is -0.496 e. The van der Waals surface area contributed by atoms with E-state index in [9.17, 15) is 10.1 Å². The summed E-state index contributed by atoms with van der Waals surface area (Å²) in [6.45, 7) is 0. The lowest BCUT2D eigenvalue weighted by Gasteiger charge is -2.11. The molecule has 110 valence electrons. The molecular formula is C16H13N3O3. The van der Waals surface area contributed by atoms with Crippen molar-refractivity contribution in [1.82, 2.24) is 9.78 Å². The molecule has 0 aliphatic carbocycles. The number of rotatable bonds is 4. The van der Waals surface area contributed by atoms with Gasteiger partial charge in [-0.25, -0.2) is 4.68 Å². The molecule has 0 saturated heterocycles. The second kappa shape index (κ2) is 5.69. The summed E-state index contributed by atoms with van der Waals surface area (Å²) in [6, 6.07) is 15.8. The molecule has 3 aromatic rings. The van der Waals surface area contributed by atoms with Crippen LogP contribution in [0.1, 0.15) is 0 Å². The number of aromatic nitrogens is 2. The van der Waals surface area contributed by atoms with E-state index in [0.29, 0.717) is 11.4 Å². The number of para-hydroxylation sites is 3. The molecule has 1 aromatic heterocycles. The van der Waals surface area contributed by atoms with Crippen LogP contribution in [0.4, 0.5) is 5.69 Å². The average Bonchev–Trinajstić information content (AvgIpc) is 3.04. The van der Waals surface area contributed by atoms with Crippen molar-refractivity contribution >= 4 is 5.69 Å². The molecule has 0 fully saturated rings. The third-order valence-electron chi connectivity index (χ3n) is 3.33. The highest BCUT2D eigenvalue weighted by Crippen LogP contribution is 2.32. The maximum absolute atomic E-state index is 11.2. The molecule has 6 heteroatoms. The molecule has 0 aliphatic heterocycles. The van der Waals surface area contributed by atoms with E-state index in [1.54, 1.807) is 42.3 Å². The first-order valence-corrected chi connectivity index (χ1v) is 6.63. The zero-order valence-corrected chi connectivity index (χ0v) is 11.8. The summed E-state index contributed by atoms with van der Waals surface area (Å²) in [5, 5.41) is 15.5. The van der Waals surface area contributed by atoms with Crippen LogP contribution >= 0.6 is 0 Å². The molecule has 1 heterocycles. The number of methoxy groups -OCH3 is 1. The molecule has 22 heavy (non-hydrogen) atoms. The quantitative estimate of drug-likeness (QED) is 0.546. The summed E-state index contributed by atoms with van der Waals surface area (Å²) in [4.78, 5) is 10.8. The number of ether oxygens (including phenoxy) is 1. The Morgan fingerprint density at radius 2 is 1.82 bits per heavy atom. The smallest absolute Gasteiger partial charge is 0.294 e. The monoisotopic (exact) mass is 295 g/mol. The van der Waals surface area contributed by atoms with Gasteiger partial charge in [-0.15, -0.1) is 0 Å². The van der Waals surface area contributed by atoms with Gasteiger partial charge >= 0.3 is 0 Å². The number of nitro benzene ring substituents is 1. The van der Waals surface area contributed by atoms with Crippen LogP contribution < -0.4 is 4.74 Å². The normalized spacial score (nSPS) is 10.4. The fourth-order valence-electron chi connectivity index (χ4n) is 2.35. The summed E-state index contributed by atoms with van der Waals surface area (Å²) in [5.41, 5.74) is 1.97. The van der Waals surface area contributed by atoms with Crippen LogP contribution in [0, 0.1) is 10.1 Å². The Bertz CT molecular complexity index is 827. The summed E-state index contributed by atoms with van der Waals surface area (Å²) in [5.74, 6) is 0.683. The van der Waals surface area contributed by atoms with E-state index in [2.05, 4.69) is 5.10 Å². The molecule has 3 rings (SSSR count). The molecule has 0 radical (unpaired) electrons. The minimum absolute atomic E-state index is 0.00217. The van der Waals surface area contributed by atoms with Crippen molar-refractivity contribution in [3.05, 3.63) is 70.9 Å². The van der Waals surface area contributed by atoms with E-state index in [0.717, 1.165) is 11.3 Å². The Morgan fingerprint density at radius 3 is 2.59 bits per heavy atom. The first kappa shape index (κ1) is 13.8. The van der Waals surface area contributed by atoms with Crippen LogP contribution in [0.15, 0.2) is 60.8 Å². The lowest BCUT2D eigenvalue weighted by molar-refractivity contribution is -0.384. The van der Waals surface area contributed by atoms with Gasteiger partial charge in [0.15, 0.2) is 0 Å². The molecule has 0 aliphatic rings. The Labute approximate surface area is 126 Å². The van der Waals surface area contributed by atoms with Crippen molar-refractivity contribution in [1.29, 1.82) is 0 Å². The number of nitrogens with zero attached hydrogens (tertiary/aromatic N) is 3. The van der Waals surface area contributed by atoms with Crippen LogP contribution in [-0.2, 0) is 0 Å². The SMILES string of the molecule is COc1ccccc1-c1ccnn1-c1ccccc1[N+](=O)[O-]. The van der Waals surface area contributed by atoms with Gasteiger partial charge in [0.2, 0.25) is 0 Å². The maximum atomic E-state index is 11.2. The highest BCUT2D eigenvalue weighted by atomic mass is 16.6. The number of hydrogen-bond acceptors (Lipinski definition) is 4. The summed E-state index contributed by atoms with van der Waals surface area (Å²) in [7, 11) is 1.59. The van der Waals surface area contributed by atoms with E-state index in [-0.39, 0.29) is 5.69 Å². The van der Waals surface area contributed by atoms with E-state index >= 15 is 0 Å². The molecule has 0 saturated carbocycles. The predicted octanol–water partition coefficient (Wildman–Crippen LogP) is 3.46. The van der Waals surface area contributed by atoms with Gasteiger partial charge in [-0.3, -0.25) is 10.1 Å². The second-order valence-corrected chi connectivity index (χ2v) is 4.57. The van der Waals surface area contributed by atoms with Crippen LogP contribution in [0.2, 0.25) is 0 Å². The molecular weight excluding hydrogens is 282 g/mol. The highest BCUT2D eigenvalue weighted by molar-refractivity contribution is 5.70. The third-order valence-corrected chi connectivity index (χ3v) is 3.33. The van der Waals surface area contributed by atoms with E-state index in [1.807, 2.05) is 24.3 Å². The molecule has 0 amide bonds. The summed E-state index contributed by atoms with van der Waals surface area (Å²) >= 11 is 0. The van der Waals surface area contributed by atoms with Crippen molar-refractivity contribution in [2.24, 2.45) is 0 Å². The van der Waals surface area contributed by atoms with Crippen molar-refractivity contribution in [3.8, 4) is 22.7 Å². The lowest BCUT2D eigenvalue weighted by Crippen LogP contribution is -2.03. The molecule has 2 aromatic carbocycles. The highest BCUT2D eigenvalue weighted by Gasteiger charge is 2.19. The minimum atomic E-state index is -0.414. The van der Waals surface area contributed by atoms with Crippen LogP contribution in [-0.4, -0.2) is 21.8 Å². The van der Waals surface area contributed by atoms with Gasteiger partial charge in [-0.2, -0.15) is 5.10 Å². The van der Waals surface area contributed by atoms with Crippen molar-refractivity contribution in [3.63, 3.8) is 0 Å². The van der Waals surface area contributed by atoms with E-state index < -0.39 is 4.92 Å². The van der Waals surface area contributed by atoms with Gasteiger partial charge in [0, 0.05) is 11.6 Å². The Kier molecular flexibility index (Phi) is 3.57. The summed E-state index contributed by atoms with van der Waals surface area (Å²) < 4.78 is 6.91. The first-order chi connectivity index (χ1) is 10.7. The van der Waals surface area contributed by atoms with Gasteiger partial charge in [-0.1, -0.05) is 24.3 Å². The van der Waals surface area contributed by atoms with Gasteiger partial charge in [0.05, 0.1) is 23.9 Å². The van der Waals surface area contributed by atoms with Crippen LogP contribution in [0.5, 0.6) is 5.75 Å². The number of benzene rings is 2. The predicted molar refractivity (Wildman–Crippen MR) is 82.2 cm³/mol. The number of nitro groups is 1. The molecule has 0 N–H and O–H groups in total. The van der Waals surface area contributed by atoms with Crippen LogP contribution in [0.3, 0.4) is 0 Å². The molecule has 0 spiro atoms. The zero-order valence-electron chi connectivity index (χ0n) is 11.8. The average molecular weight is 295 g/mol. The van der Waals surface area contributed by atoms with E-state index in [4.69, 9.17) is 4.74 Å². The largest absolute Gasteiger partial charge is 0.496 e. The van der Waals surface area contributed by atoms with Gasteiger partial charge in [-0.05, 0) is 24.3 Å². The van der Waals surface area contributed by atoms with E-state index in [1.165, 1.54) is 6.07 Å². The molecule has 0 unspecified atom stereocenters. The van der Waals surface area contributed by atoms with Gasteiger partial charge in [0.1, 0.15) is 11.4 Å².